The van der Waals surface area contributed by atoms with E-state index in [0.29, 0.717) is 25.1 Å². The highest BCUT2D eigenvalue weighted by Crippen LogP contribution is 2.30. The summed E-state index contributed by atoms with van der Waals surface area (Å²) >= 11 is 1.55. The summed E-state index contributed by atoms with van der Waals surface area (Å²) in [5.41, 5.74) is 0.332. The second-order valence-corrected chi connectivity index (χ2v) is 10.9. The normalized spacial score (nSPS) is 21.4. The number of carbonyl (C=O) groups excluding carboxylic acids is 1. The standard InChI is InChI=1S/C21H27N3O4S2/c1-15-20(19(28-23-15)11-10-18-9-5-13-29-18)30(26,27)24-12-4-6-16(14-24)21(25)22-17-7-2-3-8-17/h5,9-11,13,16-17H,2-4,6-8,12,14H2,1H3,(H,22,25)/b11-10+/t16-/m0/s1. The Bertz CT molecular complexity index is 1010. The first-order valence-electron chi connectivity index (χ1n) is 10.4. The molecule has 1 aliphatic heterocycles. The van der Waals surface area contributed by atoms with Gasteiger partial charge in [0, 0.05) is 24.0 Å². The van der Waals surface area contributed by atoms with Crippen LogP contribution in [0.2, 0.25) is 0 Å². The van der Waals surface area contributed by atoms with Crippen molar-refractivity contribution in [2.45, 2.75) is 56.4 Å². The average molecular weight is 450 g/mol. The predicted molar refractivity (Wildman–Crippen MR) is 116 cm³/mol. The summed E-state index contributed by atoms with van der Waals surface area (Å²) in [7, 11) is -3.82. The number of aryl methyl sites for hydroxylation is 1. The van der Waals surface area contributed by atoms with Gasteiger partial charge in [0.2, 0.25) is 15.9 Å². The number of carbonyl (C=O) groups is 1. The molecule has 2 aliphatic rings. The Morgan fingerprint density at radius 3 is 2.80 bits per heavy atom. The van der Waals surface area contributed by atoms with E-state index in [1.165, 1.54) is 4.31 Å². The second-order valence-electron chi connectivity index (χ2n) is 8.00. The molecule has 7 nitrogen and oxygen atoms in total. The van der Waals surface area contributed by atoms with E-state index >= 15 is 0 Å². The molecule has 9 heteroatoms. The maximum absolute atomic E-state index is 13.4. The van der Waals surface area contributed by atoms with Crippen LogP contribution in [0.5, 0.6) is 0 Å². The molecule has 2 fully saturated rings. The molecule has 0 bridgehead atoms. The summed E-state index contributed by atoms with van der Waals surface area (Å²) in [6, 6.07) is 4.10. The lowest BCUT2D eigenvalue weighted by Gasteiger charge is -2.31. The van der Waals surface area contributed by atoms with Crippen LogP contribution in [-0.4, -0.2) is 42.9 Å². The fraction of sp³-hybridized carbons (Fsp3) is 0.524. The van der Waals surface area contributed by atoms with Crippen LogP contribution in [-0.2, 0) is 14.8 Å². The third-order valence-electron chi connectivity index (χ3n) is 5.83. The number of hydrogen-bond donors (Lipinski definition) is 1. The Balaban J connectivity index is 1.51. The fourth-order valence-electron chi connectivity index (χ4n) is 4.24. The molecule has 1 atom stereocenters. The van der Waals surface area contributed by atoms with E-state index in [1.807, 2.05) is 23.6 Å². The van der Waals surface area contributed by atoms with Crippen LogP contribution in [0.15, 0.2) is 26.9 Å². The molecule has 30 heavy (non-hydrogen) atoms. The van der Waals surface area contributed by atoms with E-state index in [-0.39, 0.29) is 35.1 Å². The Hall–Kier alpha value is -1.97. The molecule has 1 saturated heterocycles. The maximum Gasteiger partial charge on any atom is 0.248 e. The molecule has 0 radical (unpaired) electrons. The first-order chi connectivity index (χ1) is 14.4. The van der Waals surface area contributed by atoms with Gasteiger partial charge < -0.3 is 9.84 Å². The van der Waals surface area contributed by atoms with Crippen LogP contribution in [0.1, 0.15) is 54.9 Å². The molecule has 0 spiro atoms. The van der Waals surface area contributed by atoms with E-state index in [0.717, 1.165) is 30.6 Å². The zero-order valence-corrected chi connectivity index (χ0v) is 18.7. The topological polar surface area (TPSA) is 92.5 Å². The number of amides is 1. The smallest absolute Gasteiger partial charge is 0.248 e. The van der Waals surface area contributed by atoms with E-state index in [4.69, 9.17) is 4.52 Å². The quantitative estimate of drug-likeness (QED) is 0.726. The lowest BCUT2D eigenvalue weighted by atomic mass is 9.98. The van der Waals surface area contributed by atoms with Crippen LogP contribution in [0, 0.1) is 12.8 Å². The highest BCUT2D eigenvalue weighted by atomic mass is 32.2. The second kappa shape index (κ2) is 9.03. The summed E-state index contributed by atoms with van der Waals surface area (Å²) < 4.78 is 33.6. The molecule has 0 unspecified atom stereocenters. The largest absolute Gasteiger partial charge is 0.355 e. The molecule has 4 rings (SSSR count). The van der Waals surface area contributed by atoms with Gasteiger partial charge in [-0.3, -0.25) is 4.79 Å². The Morgan fingerprint density at radius 1 is 1.27 bits per heavy atom. The summed E-state index contributed by atoms with van der Waals surface area (Å²) in [4.78, 5) is 13.8. The number of thiophene rings is 1. The first-order valence-corrected chi connectivity index (χ1v) is 12.8. The monoisotopic (exact) mass is 449 g/mol. The Kier molecular flexibility index (Phi) is 6.40. The van der Waals surface area contributed by atoms with Gasteiger partial charge in [-0.2, -0.15) is 4.31 Å². The van der Waals surface area contributed by atoms with Crippen molar-refractivity contribution in [2.24, 2.45) is 5.92 Å². The molecule has 2 aromatic heterocycles. The van der Waals surface area contributed by atoms with Crippen molar-refractivity contribution in [1.29, 1.82) is 0 Å². The number of piperidine rings is 1. The van der Waals surface area contributed by atoms with Gasteiger partial charge in [0.15, 0.2) is 10.7 Å². The molecule has 0 aromatic carbocycles. The molecule has 2 aromatic rings. The molecule has 1 aliphatic carbocycles. The maximum atomic E-state index is 13.4. The van der Waals surface area contributed by atoms with Gasteiger partial charge in [0.25, 0.3) is 0 Å². The van der Waals surface area contributed by atoms with Gasteiger partial charge >= 0.3 is 0 Å². The van der Waals surface area contributed by atoms with Gasteiger partial charge in [-0.05, 0) is 56.2 Å². The number of aromatic nitrogens is 1. The van der Waals surface area contributed by atoms with E-state index in [2.05, 4.69) is 10.5 Å². The van der Waals surface area contributed by atoms with E-state index < -0.39 is 10.0 Å². The number of rotatable bonds is 6. The fourth-order valence-corrected chi connectivity index (χ4v) is 6.63. The molecule has 3 heterocycles. The van der Waals surface area contributed by atoms with Crippen LogP contribution in [0.4, 0.5) is 0 Å². The molecule has 1 amide bonds. The molecule has 162 valence electrons. The third-order valence-corrected chi connectivity index (χ3v) is 8.69. The number of nitrogens with one attached hydrogen (secondary N) is 1. The number of sulfonamides is 1. The average Bonchev–Trinajstić information content (AvgIpc) is 3.49. The van der Waals surface area contributed by atoms with Crippen molar-refractivity contribution in [3.8, 4) is 0 Å². The minimum absolute atomic E-state index is 0.0262. The van der Waals surface area contributed by atoms with Gasteiger partial charge in [-0.25, -0.2) is 8.42 Å². The molecule has 1 saturated carbocycles. The highest BCUT2D eigenvalue weighted by Gasteiger charge is 2.37. The molecule has 1 N–H and O–H groups in total. The third kappa shape index (κ3) is 4.53. The van der Waals surface area contributed by atoms with Crippen molar-refractivity contribution in [3.63, 3.8) is 0 Å². The van der Waals surface area contributed by atoms with Crippen molar-refractivity contribution in [3.05, 3.63) is 33.8 Å². The summed E-state index contributed by atoms with van der Waals surface area (Å²) in [5, 5.41) is 8.96. The minimum atomic E-state index is -3.82. The molecular formula is C21H27N3O4S2. The van der Waals surface area contributed by atoms with Crippen molar-refractivity contribution < 1.29 is 17.7 Å². The predicted octanol–water partition coefficient (Wildman–Crippen LogP) is 3.67. The van der Waals surface area contributed by atoms with Crippen molar-refractivity contribution in [2.75, 3.05) is 13.1 Å². The zero-order chi connectivity index (χ0) is 21.1. The van der Waals surface area contributed by atoms with Crippen LogP contribution < -0.4 is 5.32 Å². The van der Waals surface area contributed by atoms with Gasteiger partial charge in [-0.15, -0.1) is 11.3 Å². The lowest BCUT2D eigenvalue weighted by molar-refractivity contribution is -0.126. The first kappa shape index (κ1) is 21.3. The van der Waals surface area contributed by atoms with Gasteiger partial charge in [0.05, 0.1) is 5.92 Å². The number of nitrogens with zero attached hydrogens (tertiary/aromatic N) is 2. The molecular weight excluding hydrogens is 422 g/mol. The highest BCUT2D eigenvalue weighted by molar-refractivity contribution is 7.89. The van der Waals surface area contributed by atoms with Crippen LogP contribution >= 0.6 is 11.3 Å². The summed E-state index contributed by atoms with van der Waals surface area (Å²) in [5.74, 6) is -0.125. The Labute approximate surface area is 181 Å². The van der Waals surface area contributed by atoms with Crippen LogP contribution in [0.25, 0.3) is 12.2 Å². The van der Waals surface area contributed by atoms with Crippen LogP contribution in [0.3, 0.4) is 0 Å². The summed E-state index contributed by atoms with van der Waals surface area (Å²) in [6.45, 7) is 2.22. The number of hydrogen-bond acceptors (Lipinski definition) is 6. The van der Waals surface area contributed by atoms with E-state index in [1.54, 1.807) is 24.3 Å². The minimum Gasteiger partial charge on any atom is -0.355 e. The SMILES string of the molecule is Cc1noc(/C=C/c2cccs2)c1S(=O)(=O)N1CCC[C@H](C(=O)NC2CCCC2)C1. The lowest BCUT2D eigenvalue weighted by Crippen LogP contribution is -2.47. The summed E-state index contributed by atoms with van der Waals surface area (Å²) in [6.07, 6.45) is 9.14. The van der Waals surface area contributed by atoms with Crippen molar-refractivity contribution >= 4 is 39.4 Å². The van der Waals surface area contributed by atoms with E-state index in [9.17, 15) is 13.2 Å². The van der Waals surface area contributed by atoms with Gasteiger partial charge in [-0.1, -0.05) is 24.1 Å². The zero-order valence-electron chi connectivity index (χ0n) is 17.0. The van der Waals surface area contributed by atoms with Gasteiger partial charge in [0.1, 0.15) is 5.69 Å². The van der Waals surface area contributed by atoms with Crippen molar-refractivity contribution in [1.82, 2.24) is 14.8 Å². The Morgan fingerprint density at radius 2 is 2.07 bits per heavy atom.